The van der Waals surface area contributed by atoms with Crippen LogP contribution in [-0.2, 0) is 6.54 Å². The number of hydrogen-bond acceptors (Lipinski definition) is 2. The van der Waals surface area contributed by atoms with Gasteiger partial charge in [0, 0.05) is 6.54 Å². The van der Waals surface area contributed by atoms with Crippen molar-refractivity contribution in [3.63, 3.8) is 0 Å². The number of rotatable bonds is 6. The molecule has 1 rings (SSSR count). The van der Waals surface area contributed by atoms with Gasteiger partial charge in [-0.3, -0.25) is 0 Å². The van der Waals surface area contributed by atoms with Crippen molar-refractivity contribution in [2.45, 2.75) is 52.7 Å². The van der Waals surface area contributed by atoms with Crippen LogP contribution in [0.2, 0.25) is 0 Å². The molecule has 0 aliphatic carbocycles. The zero-order valence-electron chi connectivity index (χ0n) is 9.98. The normalized spacial score (nSPS) is 15.2. The van der Waals surface area contributed by atoms with Gasteiger partial charge in [0.05, 0.1) is 24.3 Å². The third kappa shape index (κ3) is 3.34. The molecule has 1 N–H and O–H groups in total. The predicted molar refractivity (Wildman–Crippen MR) is 61.5 cm³/mol. The van der Waals surface area contributed by atoms with Crippen LogP contribution in [0.1, 0.15) is 51.8 Å². The highest BCUT2D eigenvalue weighted by atomic mass is 16.3. The minimum Gasteiger partial charge on any atom is -0.387 e. The molecule has 0 aliphatic heterocycles. The lowest BCUT2D eigenvalue weighted by molar-refractivity contribution is 0.137. The first-order chi connectivity index (χ1) is 7.19. The summed E-state index contributed by atoms with van der Waals surface area (Å²) in [6, 6.07) is 0. The van der Waals surface area contributed by atoms with Crippen molar-refractivity contribution in [3.05, 3.63) is 18.2 Å². The molecule has 15 heavy (non-hydrogen) atoms. The highest BCUT2D eigenvalue weighted by Gasteiger charge is 2.15. The van der Waals surface area contributed by atoms with Crippen LogP contribution in [0.15, 0.2) is 12.5 Å². The van der Waals surface area contributed by atoms with E-state index in [1.165, 1.54) is 12.8 Å². The molecule has 2 unspecified atom stereocenters. The molecule has 0 aliphatic rings. The van der Waals surface area contributed by atoms with Crippen molar-refractivity contribution in [2.75, 3.05) is 0 Å². The molecule has 0 amide bonds. The zero-order valence-corrected chi connectivity index (χ0v) is 9.98. The van der Waals surface area contributed by atoms with Crippen LogP contribution in [0.25, 0.3) is 0 Å². The Morgan fingerprint density at radius 3 is 2.80 bits per heavy atom. The summed E-state index contributed by atoms with van der Waals surface area (Å²) in [5, 5.41) is 10.1. The maximum atomic E-state index is 10.1. The van der Waals surface area contributed by atoms with Crippen molar-refractivity contribution < 1.29 is 5.11 Å². The summed E-state index contributed by atoms with van der Waals surface area (Å²) in [5.74, 6) is 0.574. The second-order valence-electron chi connectivity index (χ2n) is 4.25. The van der Waals surface area contributed by atoms with E-state index in [1.54, 1.807) is 12.5 Å². The van der Waals surface area contributed by atoms with Crippen molar-refractivity contribution in [1.29, 1.82) is 0 Å². The van der Waals surface area contributed by atoms with E-state index in [0.717, 1.165) is 18.7 Å². The molecule has 1 aromatic heterocycles. The summed E-state index contributed by atoms with van der Waals surface area (Å²) in [7, 11) is 0. The van der Waals surface area contributed by atoms with Crippen LogP contribution in [0.4, 0.5) is 0 Å². The van der Waals surface area contributed by atoms with Crippen LogP contribution in [0, 0.1) is 5.92 Å². The second kappa shape index (κ2) is 5.91. The lowest BCUT2D eigenvalue weighted by Gasteiger charge is -2.16. The SMILES string of the molecule is CCCC(C)CC(O)c1cncn1CC. The molecule has 0 fully saturated rings. The summed E-state index contributed by atoms with van der Waals surface area (Å²) in [4.78, 5) is 4.07. The molecule has 0 radical (unpaired) electrons. The molecule has 2 atom stereocenters. The lowest BCUT2D eigenvalue weighted by Crippen LogP contribution is -2.09. The molecule has 1 heterocycles. The fourth-order valence-electron chi connectivity index (χ4n) is 1.99. The fraction of sp³-hybridized carbons (Fsp3) is 0.750. The Morgan fingerprint density at radius 1 is 1.47 bits per heavy atom. The number of aliphatic hydroxyl groups is 1. The zero-order chi connectivity index (χ0) is 11.3. The summed E-state index contributed by atoms with van der Waals surface area (Å²) in [6.07, 6.45) is 6.38. The van der Waals surface area contributed by atoms with Crippen LogP contribution < -0.4 is 0 Å². The molecule has 86 valence electrons. The average Bonchev–Trinajstić information content (AvgIpc) is 2.65. The molecule has 3 heteroatoms. The van der Waals surface area contributed by atoms with Crippen molar-refractivity contribution in [2.24, 2.45) is 5.92 Å². The van der Waals surface area contributed by atoms with Gasteiger partial charge in [0.1, 0.15) is 0 Å². The molecule has 0 saturated heterocycles. The van der Waals surface area contributed by atoms with E-state index in [9.17, 15) is 5.11 Å². The van der Waals surface area contributed by atoms with Gasteiger partial charge in [-0.15, -0.1) is 0 Å². The maximum Gasteiger partial charge on any atom is 0.0958 e. The van der Waals surface area contributed by atoms with Gasteiger partial charge in [0.25, 0.3) is 0 Å². The van der Waals surface area contributed by atoms with Gasteiger partial charge in [0.15, 0.2) is 0 Å². The van der Waals surface area contributed by atoms with E-state index in [-0.39, 0.29) is 6.10 Å². The fourth-order valence-corrected chi connectivity index (χ4v) is 1.99. The van der Waals surface area contributed by atoms with Crippen LogP contribution in [-0.4, -0.2) is 14.7 Å². The van der Waals surface area contributed by atoms with Crippen molar-refractivity contribution in [3.8, 4) is 0 Å². The smallest absolute Gasteiger partial charge is 0.0958 e. The Hall–Kier alpha value is -0.830. The number of nitrogens with zero attached hydrogens (tertiary/aromatic N) is 2. The highest BCUT2D eigenvalue weighted by Crippen LogP contribution is 2.23. The third-order valence-corrected chi connectivity index (χ3v) is 2.83. The third-order valence-electron chi connectivity index (χ3n) is 2.83. The Labute approximate surface area is 92.1 Å². The van der Waals surface area contributed by atoms with Gasteiger partial charge in [-0.05, 0) is 19.3 Å². The van der Waals surface area contributed by atoms with Gasteiger partial charge >= 0.3 is 0 Å². The minimum atomic E-state index is -0.367. The molecule has 0 aromatic carbocycles. The quantitative estimate of drug-likeness (QED) is 0.784. The van der Waals surface area contributed by atoms with E-state index in [4.69, 9.17) is 0 Å². The monoisotopic (exact) mass is 210 g/mol. The maximum absolute atomic E-state index is 10.1. The van der Waals surface area contributed by atoms with Crippen LogP contribution in [0.5, 0.6) is 0 Å². The lowest BCUT2D eigenvalue weighted by atomic mass is 9.97. The van der Waals surface area contributed by atoms with E-state index < -0.39 is 0 Å². The summed E-state index contributed by atoms with van der Waals surface area (Å²) in [6.45, 7) is 7.31. The number of aliphatic hydroxyl groups excluding tert-OH is 1. The first kappa shape index (κ1) is 12.2. The molecule has 0 bridgehead atoms. The molecule has 0 spiro atoms. The molecule has 1 aromatic rings. The molecular weight excluding hydrogens is 188 g/mol. The number of imidazole rings is 1. The first-order valence-electron chi connectivity index (χ1n) is 5.87. The Bertz CT molecular complexity index is 283. The predicted octanol–water partition coefficient (Wildman–Crippen LogP) is 2.76. The first-order valence-corrected chi connectivity index (χ1v) is 5.87. The number of hydrogen-bond donors (Lipinski definition) is 1. The Balaban J connectivity index is 2.56. The standard InChI is InChI=1S/C12H22N2O/c1-4-6-10(3)7-12(15)11-8-13-9-14(11)5-2/h8-10,12,15H,4-7H2,1-3H3. The van der Waals surface area contributed by atoms with Crippen LogP contribution in [0.3, 0.4) is 0 Å². The van der Waals surface area contributed by atoms with Crippen molar-refractivity contribution >= 4 is 0 Å². The number of aromatic nitrogens is 2. The molecule has 0 saturated carbocycles. The van der Waals surface area contributed by atoms with Crippen molar-refractivity contribution in [1.82, 2.24) is 9.55 Å². The summed E-state index contributed by atoms with van der Waals surface area (Å²) >= 11 is 0. The van der Waals surface area contributed by atoms with Gasteiger partial charge in [-0.25, -0.2) is 4.98 Å². The van der Waals surface area contributed by atoms with Gasteiger partial charge in [0.2, 0.25) is 0 Å². The number of aryl methyl sites for hydroxylation is 1. The Kier molecular flexibility index (Phi) is 4.82. The average molecular weight is 210 g/mol. The highest BCUT2D eigenvalue weighted by molar-refractivity contribution is 5.02. The van der Waals surface area contributed by atoms with E-state index >= 15 is 0 Å². The molecule has 3 nitrogen and oxygen atoms in total. The van der Waals surface area contributed by atoms with Crippen LogP contribution >= 0.6 is 0 Å². The van der Waals surface area contributed by atoms with Gasteiger partial charge < -0.3 is 9.67 Å². The minimum absolute atomic E-state index is 0.367. The largest absolute Gasteiger partial charge is 0.387 e. The van der Waals surface area contributed by atoms with E-state index in [1.807, 2.05) is 4.57 Å². The summed E-state index contributed by atoms with van der Waals surface area (Å²) in [5.41, 5.74) is 0.945. The second-order valence-corrected chi connectivity index (χ2v) is 4.25. The van der Waals surface area contributed by atoms with Gasteiger partial charge in [-0.2, -0.15) is 0 Å². The topological polar surface area (TPSA) is 38.1 Å². The Morgan fingerprint density at radius 2 is 2.20 bits per heavy atom. The molecular formula is C12H22N2O. The van der Waals surface area contributed by atoms with Gasteiger partial charge in [-0.1, -0.05) is 26.7 Å². The summed E-state index contributed by atoms with van der Waals surface area (Å²) < 4.78 is 2.00. The van der Waals surface area contributed by atoms with E-state index in [2.05, 4.69) is 25.8 Å². The van der Waals surface area contributed by atoms with E-state index in [0.29, 0.717) is 5.92 Å².